The van der Waals surface area contributed by atoms with Crippen LogP contribution < -0.4 is 15.8 Å². The molecule has 0 aliphatic carbocycles. The quantitative estimate of drug-likeness (QED) is 0.410. The number of sulfonamides is 1. The number of nitrogens with one attached hydrogen (secondary N) is 2. The minimum absolute atomic E-state index is 0.0354. The van der Waals surface area contributed by atoms with E-state index in [0.29, 0.717) is 26.4 Å². The number of primary sulfonamides is 1. The highest BCUT2D eigenvalue weighted by Crippen LogP contribution is 2.23. The molecule has 0 aliphatic heterocycles. The van der Waals surface area contributed by atoms with Crippen LogP contribution in [-0.2, 0) is 26.0 Å². The monoisotopic (exact) mass is 496 g/mol. The summed E-state index contributed by atoms with van der Waals surface area (Å²) in [4.78, 5) is 28.6. The number of rotatable bonds is 8. The number of nitrogens with two attached hydrogens (primary N) is 1. The van der Waals surface area contributed by atoms with Crippen LogP contribution in [0.15, 0.2) is 63.1 Å². The topological polar surface area (TPSA) is 131 Å². The third-order valence-electron chi connectivity index (χ3n) is 3.79. The molecule has 162 valence electrons. The third-order valence-corrected chi connectivity index (χ3v) is 7.04. The highest BCUT2D eigenvalue weighted by molar-refractivity contribution is 8.01. The van der Waals surface area contributed by atoms with E-state index in [2.05, 4.69) is 15.6 Å². The first-order valence-electron chi connectivity index (χ1n) is 8.74. The summed E-state index contributed by atoms with van der Waals surface area (Å²) in [5.74, 6) is -0.298. The van der Waals surface area contributed by atoms with Crippen molar-refractivity contribution in [3.05, 3.63) is 64.6 Å². The standard InChI is InChI=1S/C19H17ClN4O4S3/c20-12-1-3-13(4-2-12)23-18(26)11-30-19-24-15(10-29-19)9-17(25)22-14-5-7-16(8-6-14)31(21,27)28/h1-8,10H,9,11H2,(H,22,25)(H,23,26)(H2,21,27,28). The SMILES string of the molecule is NS(=O)(=O)c1ccc(NC(=O)Cc2csc(SCC(=O)Nc3ccc(Cl)cc3)n2)cc1. The van der Waals surface area contributed by atoms with E-state index in [0.717, 1.165) is 0 Å². The average Bonchev–Trinajstić information content (AvgIpc) is 3.15. The van der Waals surface area contributed by atoms with Crippen molar-refractivity contribution in [3.63, 3.8) is 0 Å². The highest BCUT2D eigenvalue weighted by Gasteiger charge is 2.12. The van der Waals surface area contributed by atoms with Crippen molar-refractivity contribution in [1.29, 1.82) is 0 Å². The first-order valence-corrected chi connectivity index (χ1v) is 12.5. The van der Waals surface area contributed by atoms with E-state index in [1.54, 1.807) is 29.6 Å². The van der Waals surface area contributed by atoms with Gasteiger partial charge >= 0.3 is 0 Å². The van der Waals surface area contributed by atoms with Crippen molar-refractivity contribution in [2.45, 2.75) is 15.7 Å². The molecule has 12 heteroatoms. The second-order valence-corrected chi connectivity index (χ2v) is 10.3. The number of thiazole rings is 1. The van der Waals surface area contributed by atoms with Gasteiger partial charge in [-0.15, -0.1) is 11.3 Å². The molecule has 0 unspecified atom stereocenters. The molecule has 31 heavy (non-hydrogen) atoms. The molecule has 0 bridgehead atoms. The molecule has 0 radical (unpaired) electrons. The number of amides is 2. The predicted molar refractivity (Wildman–Crippen MR) is 123 cm³/mol. The van der Waals surface area contributed by atoms with Gasteiger partial charge in [0.2, 0.25) is 21.8 Å². The first kappa shape index (κ1) is 23.2. The van der Waals surface area contributed by atoms with E-state index in [4.69, 9.17) is 16.7 Å². The second-order valence-electron chi connectivity index (χ2n) is 6.24. The Hall–Kier alpha value is -2.44. The fourth-order valence-corrected chi connectivity index (χ4v) is 4.68. The van der Waals surface area contributed by atoms with Gasteiger partial charge in [-0.1, -0.05) is 23.4 Å². The number of nitrogens with zero attached hydrogens (tertiary/aromatic N) is 1. The third kappa shape index (κ3) is 7.33. The van der Waals surface area contributed by atoms with Gasteiger partial charge in [-0.05, 0) is 48.5 Å². The van der Waals surface area contributed by atoms with Gasteiger partial charge in [0.1, 0.15) is 0 Å². The number of hydrogen-bond donors (Lipinski definition) is 3. The van der Waals surface area contributed by atoms with Crippen molar-refractivity contribution in [1.82, 2.24) is 4.98 Å². The van der Waals surface area contributed by atoms with E-state index in [9.17, 15) is 18.0 Å². The van der Waals surface area contributed by atoms with Gasteiger partial charge in [-0.2, -0.15) is 0 Å². The fourth-order valence-electron chi connectivity index (χ4n) is 2.39. The summed E-state index contributed by atoms with van der Waals surface area (Å²) in [5.41, 5.74) is 1.67. The molecule has 1 aromatic heterocycles. The smallest absolute Gasteiger partial charge is 0.238 e. The molecule has 0 saturated carbocycles. The maximum Gasteiger partial charge on any atom is 0.238 e. The summed E-state index contributed by atoms with van der Waals surface area (Å²) in [7, 11) is -3.78. The molecule has 0 fully saturated rings. The molecule has 2 amide bonds. The normalized spacial score (nSPS) is 11.2. The van der Waals surface area contributed by atoms with E-state index >= 15 is 0 Å². The predicted octanol–water partition coefficient (Wildman–Crippen LogP) is 3.36. The number of carbonyl (C=O) groups is 2. The molecule has 0 saturated heterocycles. The first-order chi connectivity index (χ1) is 14.7. The molecule has 8 nitrogen and oxygen atoms in total. The van der Waals surface area contributed by atoms with E-state index in [1.807, 2.05) is 0 Å². The summed E-state index contributed by atoms with van der Waals surface area (Å²) >= 11 is 8.44. The van der Waals surface area contributed by atoms with Crippen molar-refractivity contribution < 1.29 is 18.0 Å². The maximum absolute atomic E-state index is 12.2. The minimum Gasteiger partial charge on any atom is -0.326 e. The van der Waals surface area contributed by atoms with Crippen LogP contribution in [-0.4, -0.2) is 31.0 Å². The van der Waals surface area contributed by atoms with E-state index in [1.165, 1.54) is 47.4 Å². The van der Waals surface area contributed by atoms with Crippen LogP contribution >= 0.6 is 34.7 Å². The summed E-state index contributed by atoms with van der Waals surface area (Å²) in [6.07, 6.45) is 0.0466. The number of aromatic nitrogens is 1. The Labute approximate surface area is 192 Å². The van der Waals surface area contributed by atoms with Crippen molar-refractivity contribution >= 4 is 67.9 Å². The number of benzene rings is 2. The molecule has 0 atom stereocenters. The van der Waals surface area contributed by atoms with Gasteiger partial charge in [-0.25, -0.2) is 18.5 Å². The molecular formula is C19H17ClN4O4S3. The Morgan fingerprint density at radius 1 is 1.00 bits per heavy atom. The Morgan fingerprint density at radius 3 is 2.19 bits per heavy atom. The zero-order valence-corrected chi connectivity index (χ0v) is 19.1. The van der Waals surface area contributed by atoms with Gasteiger partial charge in [0.05, 0.1) is 22.8 Å². The summed E-state index contributed by atoms with van der Waals surface area (Å²) in [5, 5.41) is 12.8. The average molecular weight is 497 g/mol. The molecule has 3 aromatic rings. The molecule has 0 spiro atoms. The Balaban J connectivity index is 1.47. The van der Waals surface area contributed by atoms with E-state index in [-0.39, 0.29) is 28.9 Å². The van der Waals surface area contributed by atoms with Crippen LogP contribution in [0.4, 0.5) is 11.4 Å². The van der Waals surface area contributed by atoms with Crippen LogP contribution in [0.5, 0.6) is 0 Å². The van der Waals surface area contributed by atoms with E-state index < -0.39 is 10.0 Å². The summed E-state index contributed by atoms with van der Waals surface area (Å²) < 4.78 is 23.2. The lowest BCUT2D eigenvalue weighted by Gasteiger charge is -2.05. The molecule has 1 heterocycles. The number of hydrogen-bond acceptors (Lipinski definition) is 7. The molecular weight excluding hydrogens is 480 g/mol. The van der Waals surface area contributed by atoms with Crippen LogP contribution in [0, 0.1) is 0 Å². The van der Waals surface area contributed by atoms with Gasteiger partial charge in [0.15, 0.2) is 4.34 Å². The molecule has 3 rings (SSSR count). The zero-order valence-electron chi connectivity index (χ0n) is 15.9. The fraction of sp³-hybridized carbons (Fsp3) is 0.105. The number of carbonyl (C=O) groups excluding carboxylic acids is 2. The lowest BCUT2D eigenvalue weighted by atomic mass is 10.3. The van der Waals surface area contributed by atoms with Crippen molar-refractivity contribution in [2.24, 2.45) is 5.14 Å². The minimum atomic E-state index is -3.78. The molecule has 0 aliphatic rings. The van der Waals surface area contributed by atoms with Gasteiger partial charge in [0, 0.05) is 21.8 Å². The maximum atomic E-state index is 12.2. The number of anilines is 2. The largest absolute Gasteiger partial charge is 0.326 e. The number of thioether (sulfide) groups is 1. The highest BCUT2D eigenvalue weighted by atomic mass is 35.5. The molecule has 4 N–H and O–H groups in total. The number of halogens is 1. The summed E-state index contributed by atoms with van der Waals surface area (Å²) in [6.45, 7) is 0. The zero-order chi connectivity index (χ0) is 22.4. The van der Waals surface area contributed by atoms with Crippen LogP contribution in [0.25, 0.3) is 0 Å². The Bertz CT molecular complexity index is 1180. The summed E-state index contributed by atoms with van der Waals surface area (Å²) in [6, 6.07) is 12.4. The van der Waals surface area contributed by atoms with Gasteiger partial charge in [0.25, 0.3) is 0 Å². The lowest BCUT2D eigenvalue weighted by Crippen LogP contribution is -2.15. The Morgan fingerprint density at radius 2 is 1.58 bits per heavy atom. The van der Waals surface area contributed by atoms with Crippen LogP contribution in [0.3, 0.4) is 0 Å². The molecule has 2 aromatic carbocycles. The van der Waals surface area contributed by atoms with Gasteiger partial charge < -0.3 is 10.6 Å². The van der Waals surface area contributed by atoms with Crippen molar-refractivity contribution in [3.8, 4) is 0 Å². The van der Waals surface area contributed by atoms with Crippen molar-refractivity contribution in [2.75, 3.05) is 16.4 Å². The van der Waals surface area contributed by atoms with Crippen LogP contribution in [0.1, 0.15) is 5.69 Å². The van der Waals surface area contributed by atoms with Gasteiger partial charge in [-0.3, -0.25) is 9.59 Å². The lowest BCUT2D eigenvalue weighted by molar-refractivity contribution is -0.116. The second kappa shape index (κ2) is 10.2. The van der Waals surface area contributed by atoms with Crippen LogP contribution in [0.2, 0.25) is 5.02 Å². The Kier molecular flexibility index (Phi) is 7.68.